The smallest absolute Gasteiger partial charge is 1.00 e. The Morgan fingerprint density at radius 1 is 0.316 bits per heavy atom. The normalized spacial score (nSPS) is 13.5. The molecule has 0 aliphatic rings. The van der Waals surface area contributed by atoms with E-state index in [0.717, 1.165) is 53.9 Å². The molecule has 0 spiro atoms. The average molecular weight is 1510 g/mol. The zero-order chi connectivity index (χ0) is 67.4. The fourth-order valence-corrected chi connectivity index (χ4v) is 10.7. The summed E-state index contributed by atoms with van der Waals surface area (Å²) < 4.78 is 258. The van der Waals surface area contributed by atoms with Crippen molar-refractivity contribution in [2.45, 2.75) is 47.9 Å². The summed E-state index contributed by atoms with van der Waals surface area (Å²) in [6, 6.07) is 44.9. The van der Waals surface area contributed by atoms with Crippen LogP contribution in [0, 0.1) is 53.3 Å². The predicted molar refractivity (Wildman–Crippen MR) is 300 cm³/mol. The van der Waals surface area contributed by atoms with Gasteiger partial charge in [-0.25, -0.2) is 0 Å². The quantitative estimate of drug-likeness (QED) is 0.0213. The second-order valence-corrected chi connectivity index (χ2v) is 20.7. The Morgan fingerprint density at radius 3 is 0.737 bits per heavy atom. The molecule has 0 atom stereocenters. The van der Waals surface area contributed by atoms with Gasteiger partial charge in [0.2, 0.25) is 0 Å². The minimum atomic E-state index is -6.67. The molecule has 0 aromatic heterocycles. The van der Waals surface area contributed by atoms with E-state index in [1.807, 2.05) is 72.8 Å². The first-order chi connectivity index (χ1) is 42.8. The van der Waals surface area contributed by atoms with E-state index in [-0.39, 0.29) is 90.6 Å². The largest absolute Gasteiger partial charge is 3.00 e. The maximum absolute atomic E-state index is 13.6. The third-order valence-corrected chi connectivity index (χ3v) is 15.2. The predicted octanol–water partition coefficient (Wildman–Crippen LogP) is 13.5. The van der Waals surface area contributed by atoms with Gasteiger partial charge in [0.1, 0.15) is 0 Å². The molecule has 0 unspecified atom stereocenters. The maximum atomic E-state index is 13.6. The van der Waals surface area contributed by atoms with E-state index >= 15 is 0 Å². The molecular formula is C66H33F21O7Yb+. The number of halogens is 21. The van der Waals surface area contributed by atoms with Crippen LogP contribution in [0.1, 0.15) is 31.1 Å². The maximum Gasteiger partial charge on any atom is 3.00 e. The van der Waals surface area contributed by atoms with Crippen molar-refractivity contribution in [3.63, 3.8) is 0 Å². The second-order valence-electron chi connectivity index (χ2n) is 20.7. The van der Waals surface area contributed by atoms with E-state index in [1.165, 1.54) is 48.5 Å². The summed E-state index contributed by atoms with van der Waals surface area (Å²) >= 11 is 0. The van der Waals surface area contributed by atoms with E-state index in [9.17, 15) is 118 Å². The van der Waals surface area contributed by atoms with Crippen LogP contribution in [0.2, 0.25) is 0 Å². The summed E-state index contributed by atoms with van der Waals surface area (Å²) in [4.78, 5) is 37.5. The number of benzene rings is 12. The average Bonchev–Trinajstić information content (AvgIpc) is 0.711. The number of allylic oxidation sites excluding steroid dienone is 6. The zero-order valence-corrected chi connectivity index (χ0v) is 48.3. The van der Waals surface area contributed by atoms with Crippen molar-refractivity contribution in [3.8, 4) is 0 Å². The van der Waals surface area contributed by atoms with Gasteiger partial charge in [0.25, 0.3) is 0 Å². The van der Waals surface area contributed by atoms with Crippen LogP contribution in [0.3, 0.4) is 0 Å². The topological polar surface area (TPSA) is 153 Å². The van der Waals surface area contributed by atoms with Crippen molar-refractivity contribution in [3.05, 3.63) is 222 Å². The van der Waals surface area contributed by atoms with E-state index < -0.39 is 101 Å². The Kier molecular flexibility index (Phi) is 20.0. The number of carbonyl (C=O) groups is 3. The van der Waals surface area contributed by atoms with Crippen molar-refractivity contribution in [1.29, 1.82) is 0 Å². The van der Waals surface area contributed by atoms with Gasteiger partial charge in [-0.05, 0) is 139 Å². The number of alkyl halides is 18. The number of carbonyl (C=O) groups excluding carboxylic acids is 3. The molecule has 0 heterocycles. The molecule has 0 aliphatic heterocycles. The molecule has 0 bridgehead atoms. The summed E-state index contributed by atoms with van der Waals surface area (Å²) in [6.07, 6.45) is -18.3. The second kappa shape index (κ2) is 25.8. The summed E-state index contributed by atoms with van der Waals surface area (Å²) in [5, 5.41) is 46.9. The van der Waals surface area contributed by atoms with Crippen LogP contribution in [0.25, 0.3) is 97.0 Å². The Bertz CT molecular complexity index is 4760. The summed E-state index contributed by atoms with van der Waals surface area (Å²) in [5.74, 6) is -49.9. The molecule has 12 aromatic carbocycles. The minimum Gasteiger partial charge on any atom is -1.00 e. The van der Waals surface area contributed by atoms with Crippen LogP contribution in [-0.2, 0) is 5.48 Å². The van der Waals surface area contributed by atoms with Crippen molar-refractivity contribution in [2.24, 2.45) is 0 Å². The van der Waals surface area contributed by atoms with Crippen molar-refractivity contribution in [1.82, 2.24) is 0 Å². The molecule has 7 nitrogen and oxygen atoms in total. The van der Waals surface area contributed by atoms with E-state index in [2.05, 4.69) is 0 Å². The van der Waals surface area contributed by atoms with Gasteiger partial charge < -0.3 is 25.5 Å². The molecule has 0 aliphatic carbocycles. The molecule has 3 N–H and O–H groups in total. The van der Waals surface area contributed by atoms with Crippen molar-refractivity contribution < 1.29 is 175 Å². The van der Waals surface area contributed by atoms with Gasteiger partial charge in [0, 0.05) is 16.7 Å². The first kappa shape index (κ1) is 73.7. The standard InChI is InChI=1S/2C22H11F7O2.C22H10F6O2.FH.H2O.Yb/c2*23-20(24,21(25,26)22(27,28)29)17(31)10-16(30)14-8-6-13-5-4-11-2-1-3-12-7-9-15(14)19(13)18(11)12;23-20(24)22(27,28)21(25,26)17(30)10-16(29)14-8-6-13-5-4-11-2-1-3-12-7-9-15(14)19(13)18(11)12;;;/h2*1-10,31H;1-10H;1H;1H2;/q;;;;;+3/p-2/b2*17-10-;;;;. The van der Waals surface area contributed by atoms with Crippen molar-refractivity contribution in [2.75, 3.05) is 0 Å². The number of ketones is 3. The first-order valence-electron chi connectivity index (χ1n) is 26.2. The molecule has 0 saturated carbocycles. The van der Waals surface area contributed by atoms with Crippen molar-refractivity contribution >= 4 is 114 Å². The Hall–Kier alpha value is -8.73. The van der Waals surface area contributed by atoms with Crippen LogP contribution in [-0.4, -0.2) is 65.2 Å². The van der Waals surface area contributed by atoms with Crippen LogP contribution in [0.15, 0.2) is 199 Å². The molecule has 0 saturated heterocycles. The molecule has 1 radical (unpaired) electrons. The Morgan fingerprint density at radius 2 is 0.516 bits per heavy atom. The van der Waals surface area contributed by atoms with Gasteiger partial charge in [-0.1, -0.05) is 157 Å². The van der Waals surface area contributed by atoms with E-state index in [0.29, 0.717) is 32.3 Å². The third kappa shape index (κ3) is 12.3. The Balaban J connectivity index is 0.000000198. The molecule has 0 fully saturated rings. The molecular weight excluding hydrogens is 1480 g/mol. The van der Waals surface area contributed by atoms with Gasteiger partial charge in [0.05, 0.1) is 8.78 Å². The van der Waals surface area contributed by atoms with E-state index in [4.69, 9.17) is 0 Å². The fraction of sp³-hybridized carbons (Fsp3) is 0.121. The molecule has 29 heteroatoms. The van der Waals surface area contributed by atoms with Crippen LogP contribution < -0.4 is 20.0 Å². The first-order valence-corrected chi connectivity index (χ1v) is 26.2. The molecule has 12 aromatic rings. The van der Waals surface area contributed by atoms with Gasteiger partial charge in [-0.15, -0.1) is 8.78 Å². The minimum absolute atomic E-state index is 0. The number of rotatable bonds is 13. The monoisotopic (exact) mass is 1510 g/mol. The summed E-state index contributed by atoms with van der Waals surface area (Å²) in [6.45, 7) is 0. The summed E-state index contributed by atoms with van der Waals surface area (Å²) in [5.41, 5.74) is -0.728. The van der Waals surface area contributed by atoms with Gasteiger partial charge in [-0.3, -0.25) is 14.4 Å². The zero-order valence-electron chi connectivity index (χ0n) is 46.6. The van der Waals surface area contributed by atoms with E-state index in [1.54, 1.807) is 42.5 Å². The molecule has 95 heavy (non-hydrogen) atoms. The third-order valence-electron chi connectivity index (χ3n) is 15.2. The molecule has 499 valence electrons. The van der Waals surface area contributed by atoms with Gasteiger partial charge in [-0.2, -0.15) is 70.2 Å². The van der Waals surface area contributed by atoms with Crippen LogP contribution >= 0.6 is 0 Å². The fourth-order valence-electron chi connectivity index (χ4n) is 10.7. The van der Waals surface area contributed by atoms with Crippen LogP contribution in [0.4, 0.5) is 87.8 Å². The van der Waals surface area contributed by atoms with Crippen LogP contribution in [0.5, 0.6) is 0 Å². The molecule has 12 rings (SSSR count). The van der Waals surface area contributed by atoms with Gasteiger partial charge in [0.15, 0.2) is 17.3 Å². The Labute approximate surface area is 555 Å². The molecule has 0 amide bonds. The summed E-state index contributed by atoms with van der Waals surface area (Å²) in [7, 11) is 0. The number of hydrogen-bond acceptors (Lipinski definition) is 6. The SMILES string of the molecule is O=C(/C=C(\[O-])C(F)(F)C(F)(F)C(F)(F)F)c1ccc2ccc3cccc4ccc1c2c34.O=C(/C=C(\[O-])C(F)(F)C(F)(F)C(F)(F)F)c1ccc2ccc3cccc4ccc1c2c34.O=C(/C=C(\[O-])C(F)(F)C(F)(F)[C+](F)F)c1ccc2ccc3cccc4ccc1c2c34.[F-].[OH3+].[Yb+3]. The van der Waals surface area contributed by atoms with Gasteiger partial charge >= 0.3 is 101 Å². The number of hydrogen-bond donors (Lipinski definition) is 0.